The molecule has 12 unspecified atom stereocenters. The topological polar surface area (TPSA) is 28.2 Å². The van der Waals surface area contributed by atoms with Gasteiger partial charge in [-0.15, -0.1) is 11.1 Å². The van der Waals surface area contributed by atoms with E-state index in [1.54, 1.807) is 17.2 Å². The zero-order valence-corrected chi connectivity index (χ0v) is 49.2. The van der Waals surface area contributed by atoms with Crippen molar-refractivity contribution < 1.29 is 43.4 Å². The Morgan fingerprint density at radius 1 is 0.554 bits per heavy atom. The Balaban J connectivity index is 0. The second-order valence-corrected chi connectivity index (χ2v) is 31.6. The van der Waals surface area contributed by atoms with Crippen LogP contribution in [0.1, 0.15) is 156 Å². The first-order valence-electron chi connectivity index (χ1n) is 24.1. The van der Waals surface area contributed by atoms with E-state index in [-0.39, 0.29) is 91.6 Å². The smallest absolute Gasteiger partial charge is 0.660 e. The van der Waals surface area contributed by atoms with Crippen molar-refractivity contribution in [1.29, 1.82) is 0 Å². The second-order valence-electron chi connectivity index (χ2n) is 23.0. The number of rotatable bonds is 8. The summed E-state index contributed by atoms with van der Waals surface area (Å²) in [6.45, 7) is 29.5. The van der Waals surface area contributed by atoms with Crippen LogP contribution in [0.15, 0.2) is 85.5 Å². The molecule has 6 aliphatic carbocycles. The van der Waals surface area contributed by atoms with E-state index in [4.69, 9.17) is 9.96 Å². The molecule has 8 rings (SSSR count). The molecule has 0 heterocycles. The van der Waals surface area contributed by atoms with Crippen LogP contribution in [0.4, 0.5) is 0 Å². The average Bonchev–Trinajstić information content (AvgIpc) is 3.96. The van der Waals surface area contributed by atoms with Gasteiger partial charge in [-0.05, 0) is 109 Å². The summed E-state index contributed by atoms with van der Waals surface area (Å²) in [4.78, 5) is 10.9. The minimum atomic E-state index is -1.61. The molecule has 0 saturated heterocycles. The number of nitrogens with zero attached hydrogens (tertiary/aromatic N) is 2. The van der Waals surface area contributed by atoms with Crippen LogP contribution < -0.4 is 0 Å². The maximum Gasteiger partial charge on any atom is 4.00 e. The molecule has 6 heteroatoms. The average molecular weight is 990 g/mol. The van der Waals surface area contributed by atoms with E-state index in [1.165, 1.54) is 77.0 Å². The molecule has 1 radical (unpaired) electrons. The van der Waals surface area contributed by atoms with Crippen LogP contribution in [0.3, 0.4) is 0 Å². The Labute approximate surface area is 439 Å². The predicted molar refractivity (Wildman–Crippen MR) is 292 cm³/mol. The summed E-state index contributed by atoms with van der Waals surface area (Å²) in [5.41, 5.74) is 5.20. The van der Waals surface area contributed by atoms with Crippen LogP contribution in [-0.2, 0) is 43.4 Å². The molecule has 2 aromatic rings. The molecule has 0 spiro atoms. The molecule has 6 aliphatic rings. The van der Waals surface area contributed by atoms with Crippen LogP contribution in [-0.4, -0.2) is 27.5 Å². The van der Waals surface area contributed by atoms with Crippen molar-refractivity contribution >= 4 is 16.5 Å². The third kappa shape index (κ3) is 17.1. The fourth-order valence-electron chi connectivity index (χ4n) is 14.5. The Morgan fingerprint density at radius 3 is 1.12 bits per heavy atom. The maximum absolute atomic E-state index is 5.47. The van der Waals surface area contributed by atoms with Gasteiger partial charge >= 0.3 is 43.4 Å². The quantitative estimate of drug-likeness (QED) is 0.186. The van der Waals surface area contributed by atoms with Gasteiger partial charge in [0.05, 0.1) is 0 Å². The first kappa shape index (κ1) is 66.7. The van der Waals surface area contributed by atoms with Crippen molar-refractivity contribution in [1.82, 2.24) is 0 Å². The number of hydrogen-bond acceptors (Lipinski definition) is 0. The molecular weight excluding hydrogens is 889 g/mol. The Hall–Kier alpha value is -0.428. The molecule has 2 nitrogen and oxygen atoms in total. The molecular formula is C59H101N2Si2Ti2. The molecule has 363 valence electrons. The summed E-state index contributed by atoms with van der Waals surface area (Å²) in [7, 11) is -3.22. The van der Waals surface area contributed by atoms with E-state index < -0.39 is 16.5 Å². The molecule has 6 fully saturated rings. The van der Waals surface area contributed by atoms with Crippen LogP contribution in [0.5, 0.6) is 0 Å². The number of allylic oxidation sites excluding steroid dienone is 3. The van der Waals surface area contributed by atoms with Crippen molar-refractivity contribution in [3.8, 4) is 0 Å². The molecule has 0 bridgehead atoms. The molecule has 0 amide bonds. The molecule has 0 N–H and O–H groups in total. The van der Waals surface area contributed by atoms with Crippen molar-refractivity contribution in [2.45, 2.75) is 193 Å². The molecule has 65 heavy (non-hydrogen) atoms. The predicted octanol–water partition coefficient (Wildman–Crippen LogP) is 19.1. The zero-order chi connectivity index (χ0) is 41.9. The zero-order valence-electron chi connectivity index (χ0n) is 44.1. The summed E-state index contributed by atoms with van der Waals surface area (Å²) < 4.78 is 0. The van der Waals surface area contributed by atoms with Crippen molar-refractivity contribution in [3.05, 3.63) is 143 Å². The molecule has 0 aliphatic heterocycles. The fraction of sp³-hybridized carbons (Fsp3) is 0.644. The van der Waals surface area contributed by atoms with Crippen LogP contribution in [0.25, 0.3) is 9.96 Å². The van der Waals surface area contributed by atoms with Gasteiger partial charge in [0, 0.05) is 0 Å². The molecule has 2 aromatic carbocycles. The summed E-state index contributed by atoms with van der Waals surface area (Å²) >= 11 is 0. The van der Waals surface area contributed by atoms with E-state index in [2.05, 4.69) is 135 Å². The first-order chi connectivity index (χ1) is 27.4. The van der Waals surface area contributed by atoms with Gasteiger partial charge in [-0.2, -0.15) is 31.2 Å². The van der Waals surface area contributed by atoms with Gasteiger partial charge in [-0.3, -0.25) is 0 Å². The standard InChI is InChI=1S/2C24H38NSi.C6H9.CH4.4CH3.2Ti/c2*1-24(2,3)25-26(4,5)23-16-20(17-10-7-6-8-11-17)21-14-18-12-9-13-19(18)15-22(21)23;1-3-5-6-4-2;;;;;;;/h2*6-8,10-11,18-23H,9,12-16H2,1-5H3;3-6H,1H2,2H3;1H4;4*1H3;;/q3*-1;;4*-1;+3;+4/b;;6-4+;;;;;;;. The summed E-state index contributed by atoms with van der Waals surface area (Å²) in [6, 6.07) is 23.0. The minimum absolute atomic E-state index is 0. The normalized spacial score (nSPS) is 30.8. The van der Waals surface area contributed by atoms with Gasteiger partial charge in [0.15, 0.2) is 0 Å². The maximum atomic E-state index is 5.47. The summed E-state index contributed by atoms with van der Waals surface area (Å²) in [6.07, 6.45) is 25.4. The summed E-state index contributed by atoms with van der Waals surface area (Å²) in [5, 5.41) is 0. The molecule has 6 saturated carbocycles. The van der Waals surface area contributed by atoms with E-state index in [0.717, 1.165) is 70.3 Å². The second kappa shape index (κ2) is 28.4. The van der Waals surface area contributed by atoms with Crippen LogP contribution >= 0.6 is 0 Å². The Morgan fingerprint density at radius 2 is 0.862 bits per heavy atom. The number of fused-ring (bicyclic) bond motifs is 4. The van der Waals surface area contributed by atoms with Gasteiger partial charge in [-0.25, -0.2) is 0 Å². The van der Waals surface area contributed by atoms with Gasteiger partial charge in [-0.1, -0.05) is 209 Å². The Kier molecular flexibility index (Phi) is 29.2. The van der Waals surface area contributed by atoms with E-state index in [0.29, 0.717) is 0 Å². The van der Waals surface area contributed by atoms with Crippen molar-refractivity contribution in [2.24, 2.45) is 47.3 Å². The van der Waals surface area contributed by atoms with Gasteiger partial charge in [0.2, 0.25) is 0 Å². The molecule has 12 atom stereocenters. The third-order valence-corrected chi connectivity index (χ3v) is 23.5. The van der Waals surface area contributed by atoms with Gasteiger partial charge in [0.25, 0.3) is 0 Å². The fourth-order valence-corrected chi connectivity index (χ4v) is 22.9. The summed E-state index contributed by atoms with van der Waals surface area (Å²) in [5.74, 6) is 9.42. The van der Waals surface area contributed by atoms with Crippen molar-refractivity contribution in [2.75, 3.05) is 0 Å². The van der Waals surface area contributed by atoms with Crippen molar-refractivity contribution in [3.63, 3.8) is 0 Å². The minimum Gasteiger partial charge on any atom is -0.660 e. The SMILES string of the molecule is C.C=C[CH-]/C=C/C.CC(C)(C)[N-][Si](C)(C)C1CC(c2ccccc2)C2CC3CCCC3CC21.CC(C)(C)[N-][Si](C)(C)C1CC(c2ccccc2)C2CC3CCCC3CC21.[CH3-].[CH3-].[CH3-].[CH3-].[Ti+3].[Ti+4]. The third-order valence-electron chi connectivity index (χ3n) is 16.1. The van der Waals surface area contributed by atoms with Crippen LogP contribution in [0.2, 0.25) is 37.3 Å². The van der Waals surface area contributed by atoms with E-state index in [9.17, 15) is 0 Å². The monoisotopic (exact) mass is 990 g/mol. The number of benzene rings is 2. The Bertz CT molecular complexity index is 1500. The van der Waals surface area contributed by atoms with Gasteiger partial charge in [0.1, 0.15) is 0 Å². The first-order valence-corrected chi connectivity index (χ1v) is 30.1. The molecule has 0 aromatic heterocycles. The largest absolute Gasteiger partial charge is 4.00 e. The van der Waals surface area contributed by atoms with E-state index >= 15 is 0 Å². The van der Waals surface area contributed by atoms with Crippen LogP contribution in [0, 0.1) is 83.5 Å². The van der Waals surface area contributed by atoms with Gasteiger partial charge < -0.3 is 39.7 Å². The number of hydrogen-bond donors (Lipinski definition) is 0. The van der Waals surface area contributed by atoms with E-state index in [1.807, 2.05) is 25.5 Å².